The number of carbonyl (C=O) groups is 2. The quantitative estimate of drug-likeness (QED) is 0.544. The molecule has 0 atom stereocenters. The fourth-order valence-electron chi connectivity index (χ4n) is 3.93. The molecule has 10 heteroatoms. The molecular formula is C24H28N4O6. The molecule has 0 bridgehead atoms. The van der Waals surface area contributed by atoms with Crippen molar-refractivity contribution < 1.29 is 24.2 Å². The zero-order valence-corrected chi connectivity index (χ0v) is 19.9. The summed E-state index contributed by atoms with van der Waals surface area (Å²) in [6, 6.07) is 5.18. The Labute approximate surface area is 196 Å². The lowest BCUT2D eigenvalue weighted by molar-refractivity contribution is 0.00694. The summed E-state index contributed by atoms with van der Waals surface area (Å²) >= 11 is 0. The monoisotopic (exact) mass is 468 g/mol. The van der Waals surface area contributed by atoms with Gasteiger partial charge in [-0.2, -0.15) is 0 Å². The molecule has 2 heterocycles. The maximum atomic E-state index is 13.0. The molecule has 0 saturated heterocycles. The van der Waals surface area contributed by atoms with E-state index in [0.29, 0.717) is 22.4 Å². The van der Waals surface area contributed by atoms with Gasteiger partial charge < -0.3 is 19.1 Å². The lowest BCUT2D eigenvalue weighted by Crippen LogP contribution is -2.27. The molecule has 0 aliphatic heterocycles. The summed E-state index contributed by atoms with van der Waals surface area (Å²) < 4.78 is 14.0. The minimum atomic E-state index is -1.36. The average Bonchev–Trinajstić information content (AvgIpc) is 3.07. The number of carboxylic acids is 1. The Kier molecular flexibility index (Phi) is 5.93. The van der Waals surface area contributed by atoms with Gasteiger partial charge >= 0.3 is 11.9 Å². The van der Waals surface area contributed by atoms with E-state index in [1.807, 2.05) is 4.57 Å². The van der Waals surface area contributed by atoms with E-state index in [1.54, 1.807) is 45.9 Å². The van der Waals surface area contributed by atoms with Crippen LogP contribution in [0.4, 0.5) is 0 Å². The maximum Gasteiger partial charge on any atom is 0.358 e. The molecule has 0 unspecified atom stereocenters. The average molecular weight is 469 g/mol. The third-order valence-corrected chi connectivity index (χ3v) is 5.70. The van der Waals surface area contributed by atoms with Gasteiger partial charge in [-0.05, 0) is 65.2 Å². The van der Waals surface area contributed by atoms with Gasteiger partial charge in [-0.15, -0.1) is 0 Å². The largest absolute Gasteiger partial charge is 0.486 e. The second-order valence-electron chi connectivity index (χ2n) is 9.31. The summed E-state index contributed by atoms with van der Waals surface area (Å²) in [5.41, 5.74) is -0.0117. The first kappa shape index (κ1) is 23.5. The Hall–Kier alpha value is -3.69. The summed E-state index contributed by atoms with van der Waals surface area (Å²) in [5, 5.41) is 9.68. The molecule has 1 aliphatic carbocycles. The Morgan fingerprint density at radius 2 is 1.88 bits per heavy atom. The summed E-state index contributed by atoms with van der Waals surface area (Å²) in [6.45, 7) is 7.21. The zero-order chi connectivity index (χ0) is 24.8. The molecule has 0 amide bonds. The molecule has 1 fully saturated rings. The van der Waals surface area contributed by atoms with Gasteiger partial charge in [0, 0.05) is 13.1 Å². The van der Waals surface area contributed by atoms with E-state index in [2.05, 4.69) is 4.98 Å². The summed E-state index contributed by atoms with van der Waals surface area (Å²) in [4.78, 5) is 46.5. The Bertz CT molecular complexity index is 1340. The number of imidazole rings is 1. The predicted molar refractivity (Wildman–Crippen MR) is 124 cm³/mol. The van der Waals surface area contributed by atoms with Crippen molar-refractivity contribution in [2.75, 3.05) is 6.61 Å². The zero-order valence-electron chi connectivity index (χ0n) is 19.9. The fourth-order valence-corrected chi connectivity index (χ4v) is 3.93. The van der Waals surface area contributed by atoms with Gasteiger partial charge in [-0.25, -0.2) is 19.6 Å². The van der Waals surface area contributed by atoms with Gasteiger partial charge in [-0.1, -0.05) is 0 Å². The molecule has 2 aromatic heterocycles. The van der Waals surface area contributed by atoms with Crippen molar-refractivity contribution in [3.05, 3.63) is 39.8 Å². The highest BCUT2D eigenvalue weighted by molar-refractivity contribution is 5.95. The van der Waals surface area contributed by atoms with Crippen LogP contribution in [0.1, 0.15) is 73.8 Å². The number of ether oxygens (including phenoxy) is 2. The molecule has 10 nitrogen and oxygen atoms in total. The molecule has 180 valence electrons. The molecule has 1 N–H and O–H groups in total. The van der Waals surface area contributed by atoms with Crippen molar-refractivity contribution in [2.24, 2.45) is 7.05 Å². The fraction of sp³-hybridized carbons (Fsp3) is 0.458. The van der Waals surface area contributed by atoms with Crippen LogP contribution < -0.4 is 10.3 Å². The number of aromatic carboxylic acids is 1. The van der Waals surface area contributed by atoms with E-state index < -0.39 is 28.8 Å². The first-order valence-electron chi connectivity index (χ1n) is 11.2. The van der Waals surface area contributed by atoms with Gasteiger partial charge in [0.15, 0.2) is 17.3 Å². The highest BCUT2D eigenvalue weighted by Gasteiger charge is 2.30. The molecule has 34 heavy (non-hydrogen) atoms. The van der Waals surface area contributed by atoms with Crippen LogP contribution in [-0.4, -0.2) is 48.4 Å². The number of carboxylic acid groups (broad SMARTS) is 1. The van der Waals surface area contributed by atoms with Crippen LogP contribution in [0.15, 0.2) is 23.0 Å². The molecule has 1 aromatic carbocycles. The second-order valence-corrected chi connectivity index (χ2v) is 9.31. The van der Waals surface area contributed by atoms with E-state index in [1.165, 1.54) is 11.6 Å². The third-order valence-electron chi connectivity index (χ3n) is 5.70. The maximum absolute atomic E-state index is 13.0. The number of esters is 1. The van der Waals surface area contributed by atoms with Crippen LogP contribution in [0.25, 0.3) is 22.7 Å². The van der Waals surface area contributed by atoms with Crippen LogP contribution in [0.5, 0.6) is 5.75 Å². The minimum Gasteiger partial charge on any atom is -0.486 e. The highest BCUT2D eigenvalue weighted by Crippen LogP contribution is 2.38. The van der Waals surface area contributed by atoms with Crippen molar-refractivity contribution in [1.29, 1.82) is 0 Å². The SMILES string of the molecule is CCOc1c(C(=O)O)nc(-c2nc3ccc(C(=O)OC(C)(C)C)cc3n2C2CCC2)n(C)c1=O. The Morgan fingerprint density at radius 1 is 1.18 bits per heavy atom. The van der Waals surface area contributed by atoms with Gasteiger partial charge in [0.05, 0.1) is 23.2 Å². The molecule has 4 rings (SSSR count). The standard InChI is InChI=1S/C24H28N4O6/c1-6-33-18-17(22(30)31)26-19(27(5)21(18)29)20-25-15-11-10-13(23(32)34-24(2,3)4)12-16(15)28(20)14-8-7-9-14/h10-12,14H,6-9H2,1-5H3,(H,30,31). The molecule has 1 saturated carbocycles. The number of carbonyl (C=O) groups excluding carboxylic acids is 1. The van der Waals surface area contributed by atoms with Gasteiger partial charge in [-0.3, -0.25) is 9.36 Å². The second kappa shape index (κ2) is 8.58. The first-order valence-corrected chi connectivity index (χ1v) is 11.2. The van der Waals surface area contributed by atoms with Crippen LogP contribution in [0.3, 0.4) is 0 Å². The minimum absolute atomic E-state index is 0.0886. The molecule has 1 aliphatic rings. The van der Waals surface area contributed by atoms with Crippen molar-refractivity contribution in [3.63, 3.8) is 0 Å². The van der Waals surface area contributed by atoms with Gasteiger partial charge in [0.25, 0.3) is 5.56 Å². The van der Waals surface area contributed by atoms with Crippen molar-refractivity contribution >= 4 is 23.0 Å². The van der Waals surface area contributed by atoms with Crippen molar-refractivity contribution in [1.82, 2.24) is 19.1 Å². The van der Waals surface area contributed by atoms with E-state index in [-0.39, 0.29) is 24.2 Å². The number of hydrogen-bond acceptors (Lipinski definition) is 7. The van der Waals surface area contributed by atoms with Crippen LogP contribution >= 0.6 is 0 Å². The van der Waals surface area contributed by atoms with E-state index in [9.17, 15) is 19.5 Å². The van der Waals surface area contributed by atoms with Gasteiger partial charge in [0.1, 0.15) is 5.60 Å². The number of benzene rings is 1. The van der Waals surface area contributed by atoms with E-state index in [4.69, 9.17) is 14.5 Å². The number of hydrogen-bond donors (Lipinski definition) is 1. The van der Waals surface area contributed by atoms with Crippen LogP contribution in [-0.2, 0) is 11.8 Å². The molecule has 0 spiro atoms. The Morgan fingerprint density at radius 3 is 2.44 bits per heavy atom. The summed E-state index contributed by atoms with van der Waals surface area (Å²) in [6.07, 6.45) is 2.82. The lowest BCUT2D eigenvalue weighted by Gasteiger charge is -2.29. The van der Waals surface area contributed by atoms with E-state index >= 15 is 0 Å². The molecular weight excluding hydrogens is 440 g/mol. The van der Waals surface area contributed by atoms with Crippen LogP contribution in [0, 0.1) is 0 Å². The lowest BCUT2D eigenvalue weighted by atomic mass is 9.92. The number of nitrogens with zero attached hydrogens (tertiary/aromatic N) is 4. The summed E-state index contributed by atoms with van der Waals surface area (Å²) in [5.74, 6) is -1.63. The highest BCUT2D eigenvalue weighted by atomic mass is 16.6. The first-order chi connectivity index (χ1) is 16.0. The number of rotatable bonds is 6. The number of fused-ring (bicyclic) bond motifs is 1. The molecule has 3 aromatic rings. The van der Waals surface area contributed by atoms with Crippen LogP contribution in [0.2, 0.25) is 0 Å². The van der Waals surface area contributed by atoms with Gasteiger partial charge in [0.2, 0.25) is 5.75 Å². The van der Waals surface area contributed by atoms with E-state index in [0.717, 1.165) is 19.3 Å². The predicted octanol–water partition coefficient (Wildman–Crippen LogP) is 3.57. The normalized spacial score (nSPS) is 14.1. The molecule has 0 radical (unpaired) electrons. The van der Waals surface area contributed by atoms with Crippen molar-refractivity contribution in [3.8, 4) is 17.4 Å². The topological polar surface area (TPSA) is 126 Å². The smallest absolute Gasteiger partial charge is 0.358 e. The Balaban J connectivity index is 1.94. The summed E-state index contributed by atoms with van der Waals surface area (Å²) in [7, 11) is 1.51. The number of aromatic nitrogens is 4. The van der Waals surface area contributed by atoms with Crippen molar-refractivity contribution in [2.45, 2.75) is 58.6 Å². The third kappa shape index (κ3) is 4.15.